The standard InChI is InChI=1S/C13H21N3O3S/c1-3-9-15-11-6-4-5-7-12(11)20(18,19)16-10-8-13(17)14-2/h4-7,15-16H,3,8-10H2,1-2H3,(H,14,17). The number of anilines is 1. The molecule has 0 heterocycles. The number of benzene rings is 1. The third-order valence-electron chi connectivity index (χ3n) is 2.67. The number of hydrogen-bond donors (Lipinski definition) is 3. The topological polar surface area (TPSA) is 87.3 Å². The zero-order valence-corrected chi connectivity index (χ0v) is 12.6. The van der Waals surface area contributed by atoms with E-state index in [4.69, 9.17) is 0 Å². The quantitative estimate of drug-likeness (QED) is 0.666. The highest BCUT2D eigenvalue weighted by Crippen LogP contribution is 2.20. The van der Waals surface area contributed by atoms with Crippen LogP contribution in [0.1, 0.15) is 19.8 Å². The summed E-state index contributed by atoms with van der Waals surface area (Å²) in [6.07, 6.45) is 1.01. The highest BCUT2D eigenvalue weighted by Gasteiger charge is 2.17. The number of carbonyl (C=O) groups excluding carboxylic acids is 1. The Hall–Kier alpha value is -1.60. The molecule has 20 heavy (non-hydrogen) atoms. The van der Waals surface area contributed by atoms with Gasteiger partial charge in [-0.2, -0.15) is 0 Å². The maximum atomic E-state index is 12.2. The van der Waals surface area contributed by atoms with Gasteiger partial charge in [0.25, 0.3) is 0 Å². The number of rotatable bonds is 8. The Labute approximate surface area is 120 Å². The molecular weight excluding hydrogens is 278 g/mol. The van der Waals surface area contributed by atoms with Crippen molar-refractivity contribution in [2.24, 2.45) is 0 Å². The Morgan fingerprint density at radius 2 is 1.90 bits per heavy atom. The van der Waals surface area contributed by atoms with Crippen molar-refractivity contribution < 1.29 is 13.2 Å². The molecule has 0 aliphatic heterocycles. The number of hydrogen-bond acceptors (Lipinski definition) is 4. The fourth-order valence-electron chi connectivity index (χ4n) is 1.61. The average Bonchev–Trinajstić information content (AvgIpc) is 2.45. The summed E-state index contributed by atoms with van der Waals surface area (Å²) in [6, 6.07) is 6.72. The molecule has 0 aliphatic carbocycles. The lowest BCUT2D eigenvalue weighted by molar-refractivity contribution is -0.120. The van der Waals surface area contributed by atoms with E-state index in [1.54, 1.807) is 24.3 Å². The van der Waals surface area contributed by atoms with Gasteiger partial charge in [0.05, 0.1) is 5.69 Å². The van der Waals surface area contributed by atoms with E-state index in [1.165, 1.54) is 7.05 Å². The molecule has 0 aliphatic rings. The van der Waals surface area contributed by atoms with E-state index in [-0.39, 0.29) is 23.8 Å². The molecule has 0 atom stereocenters. The maximum Gasteiger partial charge on any atom is 0.242 e. The second kappa shape index (κ2) is 7.86. The summed E-state index contributed by atoms with van der Waals surface area (Å²) in [5.74, 6) is -0.204. The molecule has 1 rings (SSSR count). The Balaban J connectivity index is 2.78. The molecule has 0 saturated heterocycles. The van der Waals surface area contributed by atoms with Crippen LogP contribution in [-0.2, 0) is 14.8 Å². The molecule has 0 aromatic heterocycles. The van der Waals surface area contributed by atoms with Gasteiger partial charge in [-0.15, -0.1) is 0 Å². The summed E-state index contributed by atoms with van der Waals surface area (Å²) in [4.78, 5) is 11.3. The minimum Gasteiger partial charge on any atom is -0.384 e. The summed E-state index contributed by atoms with van der Waals surface area (Å²) < 4.78 is 26.8. The van der Waals surface area contributed by atoms with Gasteiger partial charge in [0.1, 0.15) is 4.90 Å². The van der Waals surface area contributed by atoms with Crippen LogP contribution in [-0.4, -0.2) is 34.5 Å². The van der Waals surface area contributed by atoms with Gasteiger partial charge in [-0.05, 0) is 18.6 Å². The smallest absolute Gasteiger partial charge is 0.242 e. The van der Waals surface area contributed by atoms with Crippen LogP contribution >= 0.6 is 0 Å². The molecule has 1 aromatic rings. The van der Waals surface area contributed by atoms with E-state index in [0.717, 1.165) is 6.42 Å². The summed E-state index contributed by atoms with van der Waals surface area (Å²) in [6.45, 7) is 2.78. The number of amides is 1. The van der Waals surface area contributed by atoms with E-state index < -0.39 is 10.0 Å². The van der Waals surface area contributed by atoms with Crippen LogP contribution in [0, 0.1) is 0 Å². The number of nitrogens with one attached hydrogen (secondary N) is 3. The van der Waals surface area contributed by atoms with Crippen LogP contribution < -0.4 is 15.4 Å². The molecule has 0 radical (unpaired) electrons. The van der Waals surface area contributed by atoms with Crippen molar-refractivity contribution in [3.05, 3.63) is 24.3 Å². The number of carbonyl (C=O) groups is 1. The molecule has 7 heteroatoms. The van der Waals surface area contributed by atoms with E-state index in [0.29, 0.717) is 12.2 Å². The van der Waals surface area contributed by atoms with Crippen molar-refractivity contribution in [3.63, 3.8) is 0 Å². The van der Waals surface area contributed by atoms with Crippen molar-refractivity contribution in [2.45, 2.75) is 24.7 Å². The minimum absolute atomic E-state index is 0.0735. The largest absolute Gasteiger partial charge is 0.384 e. The van der Waals surface area contributed by atoms with Gasteiger partial charge in [-0.3, -0.25) is 4.79 Å². The first kappa shape index (κ1) is 16.5. The zero-order chi connectivity index (χ0) is 15.0. The SMILES string of the molecule is CCCNc1ccccc1S(=O)(=O)NCCC(=O)NC. The molecule has 112 valence electrons. The van der Waals surface area contributed by atoms with E-state index in [1.807, 2.05) is 6.92 Å². The van der Waals surface area contributed by atoms with Crippen LogP contribution in [0.3, 0.4) is 0 Å². The van der Waals surface area contributed by atoms with Crippen molar-refractivity contribution in [3.8, 4) is 0 Å². The first-order chi connectivity index (χ1) is 9.51. The van der Waals surface area contributed by atoms with Crippen molar-refractivity contribution in [2.75, 3.05) is 25.5 Å². The summed E-state index contributed by atoms with van der Waals surface area (Å²) >= 11 is 0. The monoisotopic (exact) mass is 299 g/mol. The van der Waals surface area contributed by atoms with Gasteiger partial charge in [0.2, 0.25) is 15.9 Å². The van der Waals surface area contributed by atoms with Crippen LogP contribution in [0.4, 0.5) is 5.69 Å². The molecule has 1 amide bonds. The normalized spacial score (nSPS) is 11.1. The van der Waals surface area contributed by atoms with Gasteiger partial charge < -0.3 is 10.6 Å². The second-order valence-corrected chi connectivity index (χ2v) is 5.98. The summed E-state index contributed by atoms with van der Waals surface area (Å²) in [7, 11) is -2.10. The fraction of sp³-hybridized carbons (Fsp3) is 0.462. The first-order valence-electron chi connectivity index (χ1n) is 6.54. The molecule has 3 N–H and O–H groups in total. The van der Waals surface area contributed by atoms with Crippen LogP contribution in [0.25, 0.3) is 0 Å². The van der Waals surface area contributed by atoms with Gasteiger partial charge in [-0.1, -0.05) is 19.1 Å². The van der Waals surface area contributed by atoms with Crippen LogP contribution in [0.2, 0.25) is 0 Å². The van der Waals surface area contributed by atoms with Crippen molar-refractivity contribution >= 4 is 21.6 Å². The predicted octanol–water partition coefficient (Wildman–Crippen LogP) is 0.923. The van der Waals surface area contributed by atoms with Crippen LogP contribution in [0.5, 0.6) is 0 Å². The molecule has 0 bridgehead atoms. The lowest BCUT2D eigenvalue weighted by Gasteiger charge is -2.12. The Morgan fingerprint density at radius 3 is 2.55 bits per heavy atom. The zero-order valence-electron chi connectivity index (χ0n) is 11.8. The highest BCUT2D eigenvalue weighted by atomic mass is 32.2. The lowest BCUT2D eigenvalue weighted by Crippen LogP contribution is -2.29. The average molecular weight is 299 g/mol. The highest BCUT2D eigenvalue weighted by molar-refractivity contribution is 7.89. The van der Waals surface area contributed by atoms with E-state index >= 15 is 0 Å². The molecule has 0 saturated carbocycles. The molecule has 0 spiro atoms. The fourth-order valence-corrected chi connectivity index (χ4v) is 2.82. The summed E-state index contributed by atoms with van der Waals surface area (Å²) in [5.41, 5.74) is 0.571. The third-order valence-corrected chi connectivity index (χ3v) is 4.18. The predicted molar refractivity (Wildman–Crippen MR) is 79.1 cm³/mol. The number of sulfonamides is 1. The van der Waals surface area contributed by atoms with Crippen molar-refractivity contribution in [1.82, 2.24) is 10.0 Å². The third kappa shape index (κ3) is 4.82. The molecule has 6 nitrogen and oxygen atoms in total. The van der Waals surface area contributed by atoms with Gasteiger partial charge >= 0.3 is 0 Å². The molecule has 0 unspecified atom stereocenters. The molecule has 0 fully saturated rings. The Bertz CT molecular complexity index is 544. The van der Waals surface area contributed by atoms with E-state index in [9.17, 15) is 13.2 Å². The van der Waals surface area contributed by atoms with Gasteiger partial charge in [0.15, 0.2) is 0 Å². The molecule has 1 aromatic carbocycles. The maximum absolute atomic E-state index is 12.2. The molecular formula is C13H21N3O3S. The lowest BCUT2D eigenvalue weighted by atomic mass is 10.3. The minimum atomic E-state index is -3.62. The van der Waals surface area contributed by atoms with Crippen LogP contribution in [0.15, 0.2) is 29.2 Å². The first-order valence-corrected chi connectivity index (χ1v) is 8.02. The van der Waals surface area contributed by atoms with Gasteiger partial charge in [0, 0.05) is 26.6 Å². The Morgan fingerprint density at radius 1 is 1.20 bits per heavy atom. The van der Waals surface area contributed by atoms with Crippen molar-refractivity contribution in [1.29, 1.82) is 0 Å². The Kier molecular flexibility index (Phi) is 6.47. The van der Waals surface area contributed by atoms with Gasteiger partial charge in [-0.25, -0.2) is 13.1 Å². The van der Waals surface area contributed by atoms with E-state index in [2.05, 4.69) is 15.4 Å². The second-order valence-electron chi connectivity index (χ2n) is 4.24. The number of para-hydroxylation sites is 1. The summed E-state index contributed by atoms with van der Waals surface area (Å²) in [5, 5.41) is 5.53.